The number of aryl methyl sites for hydroxylation is 1. The number of amides is 2. The van der Waals surface area contributed by atoms with Gasteiger partial charge in [-0.05, 0) is 43.7 Å². The van der Waals surface area contributed by atoms with Crippen molar-refractivity contribution in [2.24, 2.45) is 24.3 Å². The molecule has 1 aromatic carbocycles. The molecule has 3 aromatic heterocycles. The first-order valence-electron chi connectivity index (χ1n) is 17.7. The fraction of sp³-hybridized carbons (Fsp3) is 0.447. The Morgan fingerprint density at radius 1 is 1.04 bits per heavy atom. The molecule has 2 amide bonds. The van der Waals surface area contributed by atoms with E-state index in [0.717, 1.165) is 87.2 Å². The minimum atomic E-state index is -0.167. The van der Waals surface area contributed by atoms with Gasteiger partial charge in [-0.3, -0.25) is 10.00 Å². The highest BCUT2D eigenvalue weighted by Crippen LogP contribution is 2.44. The van der Waals surface area contributed by atoms with Gasteiger partial charge < -0.3 is 15.0 Å². The van der Waals surface area contributed by atoms with Crippen LogP contribution in [0.3, 0.4) is 0 Å². The average Bonchev–Trinajstić information content (AvgIpc) is 3.60. The number of pyridine rings is 1. The normalized spacial score (nSPS) is 20.1. The Balaban J connectivity index is 1.05. The molecule has 5 heterocycles. The minimum Gasteiger partial charge on any atom is -0.380 e. The lowest BCUT2D eigenvalue weighted by Gasteiger charge is -2.47. The topological polar surface area (TPSA) is 137 Å². The van der Waals surface area contributed by atoms with Gasteiger partial charge in [0.25, 0.3) is 5.82 Å². The molecule has 0 bridgehead atoms. The number of urea groups is 1. The quantitative estimate of drug-likeness (QED) is 0.143. The number of rotatable bonds is 12. The van der Waals surface area contributed by atoms with Crippen LogP contribution in [0, 0.1) is 28.6 Å². The maximum absolute atomic E-state index is 13.9. The third kappa shape index (κ3) is 7.23. The number of benzene rings is 1. The molecule has 2 aliphatic heterocycles. The first-order valence-corrected chi connectivity index (χ1v) is 17.7. The Morgan fingerprint density at radius 3 is 2.50 bits per heavy atom. The summed E-state index contributed by atoms with van der Waals surface area (Å²) in [6.45, 7) is 6.72. The number of nitriles is 1. The Labute approximate surface area is 293 Å². The van der Waals surface area contributed by atoms with Gasteiger partial charge in [0.05, 0.1) is 37.9 Å². The predicted octanol–water partition coefficient (Wildman–Crippen LogP) is 5.69. The van der Waals surface area contributed by atoms with Crippen LogP contribution in [0.2, 0.25) is 0 Å². The number of hydrogen-bond donors (Lipinski definition) is 2. The molecule has 2 atom stereocenters. The van der Waals surface area contributed by atoms with Crippen molar-refractivity contribution in [3.63, 3.8) is 0 Å². The summed E-state index contributed by atoms with van der Waals surface area (Å²) in [5.74, 6) is 2.44. The molecular weight excluding hydrogens is 628 g/mol. The molecule has 3 fully saturated rings. The van der Waals surface area contributed by atoms with Crippen LogP contribution in [0.4, 0.5) is 22.4 Å². The van der Waals surface area contributed by atoms with Crippen LogP contribution < -0.4 is 15.5 Å². The smallest absolute Gasteiger partial charge is 0.380 e. The molecule has 1 aliphatic carbocycles. The van der Waals surface area contributed by atoms with Crippen molar-refractivity contribution in [1.29, 1.82) is 5.26 Å². The largest absolute Gasteiger partial charge is 0.441 e. The van der Waals surface area contributed by atoms with Crippen molar-refractivity contribution < 1.29 is 14.1 Å². The SMILES string of the molecule is CCCC1/C(=[N+](/C(=O)NCc2ccccc2)c2ccc(-c3cnn(C)c3)cn2)C1CCCNc1ncc(C#N)c(N2CCC3(CC2)COC3)n1. The van der Waals surface area contributed by atoms with Gasteiger partial charge in [-0.15, -0.1) is 4.98 Å². The van der Waals surface area contributed by atoms with E-state index in [0.29, 0.717) is 47.6 Å². The average molecular weight is 674 g/mol. The number of carbonyl (C=O) groups excluding carboxylic acids is 1. The molecule has 2 N–H and O–H groups in total. The monoisotopic (exact) mass is 673 g/mol. The molecule has 1 spiro atoms. The fourth-order valence-corrected chi connectivity index (χ4v) is 7.34. The first kappa shape index (κ1) is 33.4. The van der Waals surface area contributed by atoms with E-state index in [1.807, 2.05) is 72.7 Å². The van der Waals surface area contributed by atoms with Crippen molar-refractivity contribution in [3.05, 3.63) is 78.4 Å². The van der Waals surface area contributed by atoms with E-state index in [1.165, 1.54) is 0 Å². The highest BCUT2D eigenvalue weighted by Gasteiger charge is 2.50. The van der Waals surface area contributed by atoms with Crippen molar-refractivity contribution in [2.75, 3.05) is 43.1 Å². The van der Waals surface area contributed by atoms with Crippen LogP contribution in [0.15, 0.2) is 67.3 Å². The summed E-state index contributed by atoms with van der Waals surface area (Å²) in [6.07, 6.45) is 13.2. The number of ether oxygens (including phenoxy) is 1. The third-order valence-electron chi connectivity index (χ3n) is 10.3. The maximum atomic E-state index is 13.9. The molecule has 4 aromatic rings. The highest BCUT2D eigenvalue weighted by atomic mass is 16.5. The zero-order valence-corrected chi connectivity index (χ0v) is 28.9. The number of carbonyl (C=O) groups is 1. The van der Waals surface area contributed by atoms with E-state index < -0.39 is 0 Å². The summed E-state index contributed by atoms with van der Waals surface area (Å²) in [6, 6.07) is 16.0. The van der Waals surface area contributed by atoms with E-state index in [2.05, 4.69) is 38.6 Å². The summed E-state index contributed by atoms with van der Waals surface area (Å²) in [7, 11) is 1.89. The lowest BCUT2D eigenvalue weighted by Crippen LogP contribution is -2.51. The van der Waals surface area contributed by atoms with E-state index in [4.69, 9.17) is 14.7 Å². The van der Waals surface area contributed by atoms with Gasteiger partial charge in [-0.2, -0.15) is 19.9 Å². The van der Waals surface area contributed by atoms with Gasteiger partial charge >= 0.3 is 6.03 Å². The second-order valence-electron chi connectivity index (χ2n) is 13.8. The van der Waals surface area contributed by atoms with Gasteiger partial charge in [-0.25, -0.2) is 9.78 Å². The van der Waals surface area contributed by atoms with Crippen molar-refractivity contribution in [2.45, 2.75) is 52.0 Å². The summed E-state index contributed by atoms with van der Waals surface area (Å²) < 4.78 is 9.06. The number of aromatic nitrogens is 5. The van der Waals surface area contributed by atoms with Crippen LogP contribution in [0.25, 0.3) is 11.1 Å². The molecule has 1 saturated carbocycles. The van der Waals surface area contributed by atoms with Crippen molar-refractivity contribution in [3.8, 4) is 17.2 Å². The zero-order chi connectivity index (χ0) is 34.5. The minimum absolute atomic E-state index is 0.167. The molecule has 7 rings (SSSR count). The number of nitrogens with one attached hydrogen (secondary N) is 2. The third-order valence-corrected chi connectivity index (χ3v) is 10.3. The summed E-state index contributed by atoms with van der Waals surface area (Å²) in [5.41, 5.74) is 4.90. The van der Waals surface area contributed by atoms with Gasteiger partial charge in [0.2, 0.25) is 5.95 Å². The molecule has 50 heavy (non-hydrogen) atoms. The maximum Gasteiger partial charge on any atom is 0.441 e. The van der Waals surface area contributed by atoms with Gasteiger partial charge in [-0.1, -0.05) is 43.7 Å². The Morgan fingerprint density at radius 2 is 1.84 bits per heavy atom. The Hall–Kier alpha value is -5.15. The lowest BCUT2D eigenvalue weighted by molar-refractivity contribution is -0.337. The number of nitrogens with zero attached hydrogens (tertiary/aromatic N) is 8. The van der Waals surface area contributed by atoms with Crippen molar-refractivity contribution >= 4 is 29.3 Å². The molecule has 258 valence electrons. The van der Waals surface area contributed by atoms with Crippen LogP contribution >= 0.6 is 0 Å². The van der Waals surface area contributed by atoms with Crippen LogP contribution in [-0.4, -0.2) is 73.9 Å². The Bertz CT molecular complexity index is 1870. The zero-order valence-electron chi connectivity index (χ0n) is 28.9. The van der Waals surface area contributed by atoms with Gasteiger partial charge in [0.1, 0.15) is 17.8 Å². The first-order chi connectivity index (χ1) is 24.5. The van der Waals surface area contributed by atoms with Crippen LogP contribution in [-0.2, 0) is 18.3 Å². The second-order valence-corrected chi connectivity index (χ2v) is 13.8. The number of hydrogen-bond acceptors (Lipinski definition) is 9. The predicted molar refractivity (Wildman–Crippen MR) is 191 cm³/mol. The number of anilines is 2. The van der Waals surface area contributed by atoms with Gasteiger partial charge in [0, 0.05) is 67.3 Å². The standard InChI is InChI=1S/C38H44N10O2/c1-3-8-31-32(11-7-16-40-36-42-22-29(19-39)35(45-36)47-17-14-38(15-18-47)25-50-26-38)34(31)48(37(49)43-20-27-9-5-4-6-10-27)33-13-12-28(21-41-33)30-23-44-46(2)24-30/h4-6,9-10,12-13,21-24,31-32H,3,7-8,11,14-18,20,25-26H2,1-2H3,(H-,40,42,43,45,49)/p+1/b48-34-. The Kier molecular flexibility index (Phi) is 9.85. The molecule has 12 heteroatoms. The second kappa shape index (κ2) is 14.8. The molecule has 2 saturated heterocycles. The fourth-order valence-electron chi connectivity index (χ4n) is 7.34. The van der Waals surface area contributed by atoms with Gasteiger partial charge in [0.15, 0.2) is 5.82 Å². The molecular formula is C38H45N10O2+. The van der Waals surface area contributed by atoms with E-state index in [9.17, 15) is 10.1 Å². The summed E-state index contributed by atoms with van der Waals surface area (Å²) in [5, 5.41) is 20.6. The molecule has 0 radical (unpaired) electrons. The highest BCUT2D eigenvalue weighted by molar-refractivity contribution is 6.03. The summed E-state index contributed by atoms with van der Waals surface area (Å²) >= 11 is 0. The number of piperidine rings is 1. The van der Waals surface area contributed by atoms with E-state index in [-0.39, 0.29) is 11.9 Å². The van der Waals surface area contributed by atoms with Crippen LogP contribution in [0.5, 0.6) is 0 Å². The summed E-state index contributed by atoms with van der Waals surface area (Å²) in [4.78, 5) is 30.2. The molecule has 2 unspecified atom stereocenters. The molecule has 3 aliphatic rings. The van der Waals surface area contributed by atoms with E-state index in [1.54, 1.807) is 10.9 Å². The molecule has 12 nitrogen and oxygen atoms in total. The van der Waals surface area contributed by atoms with Crippen molar-refractivity contribution in [1.82, 2.24) is 30.0 Å². The van der Waals surface area contributed by atoms with E-state index >= 15 is 0 Å². The lowest BCUT2D eigenvalue weighted by atomic mass is 9.77. The van der Waals surface area contributed by atoms with Crippen LogP contribution in [0.1, 0.15) is 56.6 Å².